The lowest BCUT2D eigenvalue weighted by molar-refractivity contribution is 0.176. The molecule has 3 heteroatoms. The van der Waals surface area contributed by atoms with Crippen molar-refractivity contribution in [3.05, 3.63) is 70.0 Å². The van der Waals surface area contributed by atoms with Crippen LogP contribution in [0.2, 0.25) is 5.02 Å². The highest BCUT2D eigenvalue weighted by atomic mass is 35.5. The summed E-state index contributed by atoms with van der Waals surface area (Å²) in [5.74, 6) is -0.202. The van der Waals surface area contributed by atoms with Gasteiger partial charge in [0.2, 0.25) is 0 Å². The maximum Gasteiger partial charge on any atom is 0.123 e. The molecule has 3 rings (SSSR count). The smallest absolute Gasteiger partial charge is 0.123 e. The fraction of sp³-hybridized carbons (Fsp3) is 0.200. The summed E-state index contributed by atoms with van der Waals surface area (Å²) in [6.45, 7) is 0. The average molecular weight is 263 g/mol. The summed E-state index contributed by atoms with van der Waals surface area (Å²) >= 11 is 5.94. The first kappa shape index (κ1) is 11.7. The lowest BCUT2D eigenvalue weighted by Crippen LogP contribution is -1.97. The summed E-state index contributed by atoms with van der Waals surface area (Å²) in [5, 5.41) is 10.7. The second-order valence-electron chi connectivity index (χ2n) is 4.63. The minimum atomic E-state index is -0.521. The molecule has 1 aliphatic carbocycles. The van der Waals surface area contributed by atoms with Gasteiger partial charge < -0.3 is 5.11 Å². The van der Waals surface area contributed by atoms with Crippen molar-refractivity contribution in [1.82, 2.24) is 0 Å². The number of hydrogen-bond acceptors (Lipinski definition) is 1. The van der Waals surface area contributed by atoms with Crippen LogP contribution in [0.1, 0.15) is 35.1 Å². The zero-order valence-corrected chi connectivity index (χ0v) is 10.4. The third kappa shape index (κ3) is 1.92. The van der Waals surface area contributed by atoms with Crippen LogP contribution < -0.4 is 0 Å². The molecule has 2 aromatic carbocycles. The first-order valence-electron chi connectivity index (χ1n) is 5.88. The molecule has 92 valence electrons. The van der Waals surface area contributed by atoms with E-state index in [0.29, 0.717) is 11.4 Å². The standard InChI is InChI=1S/C15H12ClFO/c16-10-4-5-12-13(8-15(18)14(12)7-10)9-2-1-3-11(17)6-9/h1-7,13,15,18H,8H2. The van der Waals surface area contributed by atoms with E-state index in [9.17, 15) is 9.50 Å². The second kappa shape index (κ2) is 4.38. The largest absolute Gasteiger partial charge is 0.388 e. The number of fused-ring (bicyclic) bond motifs is 1. The van der Waals surface area contributed by atoms with Crippen LogP contribution in [0.5, 0.6) is 0 Å². The topological polar surface area (TPSA) is 20.2 Å². The maximum absolute atomic E-state index is 13.3. The molecule has 18 heavy (non-hydrogen) atoms. The van der Waals surface area contributed by atoms with E-state index >= 15 is 0 Å². The fourth-order valence-electron chi connectivity index (χ4n) is 2.67. The van der Waals surface area contributed by atoms with Gasteiger partial charge in [-0.3, -0.25) is 0 Å². The maximum atomic E-state index is 13.3. The van der Waals surface area contributed by atoms with Gasteiger partial charge in [-0.15, -0.1) is 0 Å². The Hall–Kier alpha value is -1.38. The van der Waals surface area contributed by atoms with Gasteiger partial charge in [0.05, 0.1) is 6.10 Å². The first-order valence-corrected chi connectivity index (χ1v) is 6.26. The molecule has 1 N–H and O–H groups in total. The summed E-state index contributed by atoms with van der Waals surface area (Å²) in [6, 6.07) is 12.1. The van der Waals surface area contributed by atoms with Gasteiger partial charge in [-0.1, -0.05) is 29.8 Å². The molecule has 0 heterocycles. The van der Waals surface area contributed by atoms with E-state index in [2.05, 4.69) is 0 Å². The molecule has 2 atom stereocenters. The van der Waals surface area contributed by atoms with E-state index in [1.807, 2.05) is 18.2 Å². The normalized spacial score (nSPS) is 21.9. The molecule has 1 aliphatic rings. The van der Waals surface area contributed by atoms with Gasteiger partial charge >= 0.3 is 0 Å². The van der Waals surface area contributed by atoms with E-state index in [1.54, 1.807) is 12.1 Å². The Morgan fingerprint density at radius 3 is 2.72 bits per heavy atom. The van der Waals surface area contributed by atoms with Gasteiger partial charge in [-0.05, 0) is 47.4 Å². The number of benzene rings is 2. The highest BCUT2D eigenvalue weighted by Crippen LogP contribution is 2.44. The van der Waals surface area contributed by atoms with Crippen molar-refractivity contribution in [1.29, 1.82) is 0 Å². The van der Waals surface area contributed by atoms with Crippen molar-refractivity contribution in [3.63, 3.8) is 0 Å². The SMILES string of the molecule is OC1CC(c2cccc(F)c2)c2ccc(Cl)cc21. The van der Waals surface area contributed by atoms with Crippen molar-refractivity contribution in [3.8, 4) is 0 Å². The highest BCUT2D eigenvalue weighted by molar-refractivity contribution is 6.30. The highest BCUT2D eigenvalue weighted by Gasteiger charge is 2.30. The number of hydrogen-bond donors (Lipinski definition) is 1. The van der Waals surface area contributed by atoms with Crippen molar-refractivity contribution < 1.29 is 9.50 Å². The molecular weight excluding hydrogens is 251 g/mol. The zero-order chi connectivity index (χ0) is 12.7. The molecule has 0 fully saturated rings. The lowest BCUT2D eigenvalue weighted by atomic mass is 9.93. The van der Waals surface area contributed by atoms with Crippen LogP contribution in [0.25, 0.3) is 0 Å². The fourth-order valence-corrected chi connectivity index (χ4v) is 2.85. The molecule has 0 saturated heterocycles. The van der Waals surface area contributed by atoms with E-state index in [4.69, 9.17) is 11.6 Å². The summed E-state index contributed by atoms with van der Waals surface area (Å²) in [5.41, 5.74) is 2.80. The molecule has 0 aromatic heterocycles. The summed E-state index contributed by atoms with van der Waals surface area (Å²) < 4.78 is 13.3. The molecule has 0 spiro atoms. The Balaban J connectivity index is 2.08. The molecule has 0 aliphatic heterocycles. The van der Waals surface area contributed by atoms with Gasteiger partial charge in [-0.25, -0.2) is 4.39 Å². The van der Waals surface area contributed by atoms with Gasteiger partial charge in [0.25, 0.3) is 0 Å². The van der Waals surface area contributed by atoms with Crippen molar-refractivity contribution >= 4 is 11.6 Å². The number of rotatable bonds is 1. The monoisotopic (exact) mass is 262 g/mol. The van der Waals surface area contributed by atoms with Crippen LogP contribution in [0.3, 0.4) is 0 Å². The predicted molar refractivity (Wildman–Crippen MR) is 69.3 cm³/mol. The molecule has 2 aromatic rings. The van der Waals surface area contributed by atoms with Crippen LogP contribution in [0.4, 0.5) is 4.39 Å². The van der Waals surface area contributed by atoms with Crippen molar-refractivity contribution in [2.45, 2.75) is 18.4 Å². The predicted octanol–water partition coefficient (Wildman–Crippen LogP) is 4.05. The number of aliphatic hydroxyl groups excluding tert-OH is 1. The summed E-state index contributed by atoms with van der Waals surface area (Å²) in [7, 11) is 0. The van der Waals surface area contributed by atoms with Crippen molar-refractivity contribution in [2.24, 2.45) is 0 Å². The minimum Gasteiger partial charge on any atom is -0.388 e. The third-order valence-electron chi connectivity index (χ3n) is 3.49. The van der Waals surface area contributed by atoms with Crippen molar-refractivity contribution in [2.75, 3.05) is 0 Å². The Morgan fingerprint density at radius 1 is 1.11 bits per heavy atom. The van der Waals surface area contributed by atoms with E-state index in [1.165, 1.54) is 12.1 Å². The summed E-state index contributed by atoms with van der Waals surface area (Å²) in [6.07, 6.45) is 0.0611. The Bertz CT molecular complexity index is 597. The number of aliphatic hydroxyl groups is 1. The molecule has 0 saturated carbocycles. The quantitative estimate of drug-likeness (QED) is 0.822. The molecule has 2 unspecified atom stereocenters. The van der Waals surface area contributed by atoms with Crippen LogP contribution >= 0.6 is 11.6 Å². The number of halogens is 2. The Morgan fingerprint density at radius 2 is 1.94 bits per heavy atom. The molecule has 0 amide bonds. The third-order valence-corrected chi connectivity index (χ3v) is 3.73. The van der Waals surface area contributed by atoms with Gasteiger partial charge in [-0.2, -0.15) is 0 Å². The van der Waals surface area contributed by atoms with E-state index in [-0.39, 0.29) is 11.7 Å². The van der Waals surface area contributed by atoms with Crippen LogP contribution in [-0.2, 0) is 0 Å². The summed E-state index contributed by atoms with van der Waals surface area (Å²) in [4.78, 5) is 0. The molecule has 0 bridgehead atoms. The molecule has 1 nitrogen and oxygen atoms in total. The van der Waals surface area contributed by atoms with E-state index in [0.717, 1.165) is 16.7 Å². The van der Waals surface area contributed by atoms with E-state index < -0.39 is 6.10 Å². The second-order valence-corrected chi connectivity index (χ2v) is 5.07. The van der Waals surface area contributed by atoms with Gasteiger partial charge in [0, 0.05) is 10.9 Å². The zero-order valence-electron chi connectivity index (χ0n) is 9.61. The van der Waals surface area contributed by atoms with Crippen LogP contribution in [0, 0.1) is 5.82 Å². The first-order chi connectivity index (χ1) is 8.65. The molecular formula is C15H12ClFO. The van der Waals surface area contributed by atoms with Crippen LogP contribution in [-0.4, -0.2) is 5.11 Å². The average Bonchev–Trinajstić information content (AvgIpc) is 2.67. The van der Waals surface area contributed by atoms with Gasteiger partial charge in [0.1, 0.15) is 5.82 Å². The Kier molecular flexibility index (Phi) is 2.84. The lowest BCUT2D eigenvalue weighted by Gasteiger charge is -2.11. The molecule has 0 radical (unpaired) electrons. The minimum absolute atomic E-state index is 0.0444. The van der Waals surface area contributed by atoms with Gasteiger partial charge in [0.15, 0.2) is 0 Å². The Labute approximate surface area is 110 Å². The van der Waals surface area contributed by atoms with Crippen LogP contribution in [0.15, 0.2) is 42.5 Å².